The molecule has 0 saturated carbocycles. The lowest BCUT2D eigenvalue weighted by molar-refractivity contribution is 0.367. The van der Waals surface area contributed by atoms with Gasteiger partial charge in [0.05, 0.1) is 0 Å². The number of nitrogens with one attached hydrogen (secondary N) is 1. The molecule has 1 aliphatic heterocycles. The minimum Gasteiger partial charge on any atom is -0.313 e. The van der Waals surface area contributed by atoms with Crippen molar-refractivity contribution in [1.29, 1.82) is 0 Å². The largest absolute Gasteiger partial charge is 0.313 e. The summed E-state index contributed by atoms with van der Waals surface area (Å²) in [5.41, 5.74) is 1.50. The van der Waals surface area contributed by atoms with Gasteiger partial charge < -0.3 is 5.32 Å². The Hall–Kier alpha value is -0.820. The SMILES string of the molecule is CC[C@@H]1CCN[C@H]1[C@@H](CC)c1ccccc1. The van der Waals surface area contributed by atoms with Crippen molar-refractivity contribution in [2.24, 2.45) is 5.92 Å². The number of hydrogen-bond donors (Lipinski definition) is 1. The molecule has 0 spiro atoms. The van der Waals surface area contributed by atoms with E-state index >= 15 is 0 Å². The van der Waals surface area contributed by atoms with Crippen molar-refractivity contribution < 1.29 is 0 Å². The molecule has 3 atom stereocenters. The van der Waals surface area contributed by atoms with Crippen LogP contribution in [-0.2, 0) is 0 Å². The van der Waals surface area contributed by atoms with Gasteiger partial charge in [0.15, 0.2) is 0 Å². The first-order chi connectivity index (χ1) is 7.86. The zero-order valence-corrected chi connectivity index (χ0v) is 10.4. The van der Waals surface area contributed by atoms with Crippen molar-refractivity contribution >= 4 is 0 Å². The van der Waals surface area contributed by atoms with Gasteiger partial charge in [0.25, 0.3) is 0 Å². The molecule has 0 aliphatic carbocycles. The molecule has 1 aromatic rings. The van der Waals surface area contributed by atoms with Crippen molar-refractivity contribution in [3.63, 3.8) is 0 Å². The minimum absolute atomic E-state index is 0.689. The Bertz CT molecular complexity index is 306. The topological polar surface area (TPSA) is 12.0 Å². The Labute approximate surface area is 99.3 Å². The quantitative estimate of drug-likeness (QED) is 0.813. The minimum atomic E-state index is 0.689. The summed E-state index contributed by atoms with van der Waals surface area (Å²) in [4.78, 5) is 0. The summed E-state index contributed by atoms with van der Waals surface area (Å²) in [7, 11) is 0. The van der Waals surface area contributed by atoms with Crippen molar-refractivity contribution in [2.75, 3.05) is 6.54 Å². The van der Waals surface area contributed by atoms with E-state index < -0.39 is 0 Å². The van der Waals surface area contributed by atoms with Gasteiger partial charge in [-0.1, -0.05) is 50.6 Å². The van der Waals surface area contributed by atoms with Gasteiger partial charge in [-0.2, -0.15) is 0 Å². The Balaban J connectivity index is 2.16. The second kappa shape index (κ2) is 5.49. The van der Waals surface area contributed by atoms with Gasteiger partial charge in [-0.05, 0) is 36.8 Å². The van der Waals surface area contributed by atoms with Gasteiger partial charge in [-0.3, -0.25) is 0 Å². The summed E-state index contributed by atoms with van der Waals surface area (Å²) < 4.78 is 0. The summed E-state index contributed by atoms with van der Waals surface area (Å²) in [5, 5.41) is 3.71. The predicted octanol–water partition coefficient (Wildman–Crippen LogP) is 3.57. The molecule has 0 amide bonds. The van der Waals surface area contributed by atoms with E-state index in [9.17, 15) is 0 Å². The van der Waals surface area contributed by atoms with E-state index in [2.05, 4.69) is 49.5 Å². The van der Waals surface area contributed by atoms with E-state index in [0.29, 0.717) is 12.0 Å². The van der Waals surface area contributed by atoms with Crippen LogP contribution in [-0.4, -0.2) is 12.6 Å². The van der Waals surface area contributed by atoms with Gasteiger partial charge >= 0.3 is 0 Å². The summed E-state index contributed by atoms with van der Waals surface area (Å²) in [5.74, 6) is 1.55. The first-order valence-corrected chi connectivity index (χ1v) is 6.65. The van der Waals surface area contributed by atoms with Crippen LogP contribution in [0.25, 0.3) is 0 Å². The zero-order chi connectivity index (χ0) is 11.4. The third kappa shape index (κ3) is 2.30. The first kappa shape index (κ1) is 11.7. The predicted molar refractivity (Wildman–Crippen MR) is 69.7 cm³/mol. The fourth-order valence-electron chi connectivity index (χ4n) is 3.11. The molecule has 1 aromatic carbocycles. The lowest BCUT2D eigenvalue weighted by Crippen LogP contribution is -2.33. The summed E-state index contributed by atoms with van der Waals surface area (Å²) in [6.07, 6.45) is 3.89. The van der Waals surface area contributed by atoms with Crippen LogP contribution in [0.5, 0.6) is 0 Å². The highest BCUT2D eigenvalue weighted by atomic mass is 15.0. The molecule has 0 radical (unpaired) electrons. The fraction of sp³-hybridized carbons (Fsp3) is 0.600. The first-order valence-electron chi connectivity index (χ1n) is 6.65. The van der Waals surface area contributed by atoms with Gasteiger partial charge in [-0.15, -0.1) is 0 Å². The second-order valence-corrected chi connectivity index (χ2v) is 4.86. The smallest absolute Gasteiger partial charge is 0.0164 e. The lowest BCUT2D eigenvalue weighted by Gasteiger charge is -2.28. The molecule has 16 heavy (non-hydrogen) atoms. The summed E-state index contributed by atoms with van der Waals surface area (Å²) in [6, 6.07) is 11.7. The summed E-state index contributed by atoms with van der Waals surface area (Å²) in [6.45, 7) is 5.83. The van der Waals surface area contributed by atoms with Crippen LogP contribution in [0.15, 0.2) is 30.3 Å². The maximum atomic E-state index is 3.71. The highest BCUT2D eigenvalue weighted by molar-refractivity contribution is 5.22. The van der Waals surface area contributed by atoms with Crippen LogP contribution in [0.4, 0.5) is 0 Å². The highest BCUT2D eigenvalue weighted by Gasteiger charge is 2.31. The van der Waals surface area contributed by atoms with Gasteiger partial charge in [-0.25, -0.2) is 0 Å². The van der Waals surface area contributed by atoms with Crippen LogP contribution >= 0.6 is 0 Å². The third-order valence-electron chi connectivity index (χ3n) is 4.03. The average Bonchev–Trinajstić information content (AvgIpc) is 2.80. The second-order valence-electron chi connectivity index (χ2n) is 4.86. The van der Waals surface area contributed by atoms with Crippen LogP contribution in [0.1, 0.15) is 44.6 Å². The monoisotopic (exact) mass is 217 g/mol. The molecule has 1 N–H and O–H groups in total. The molecule has 1 nitrogen and oxygen atoms in total. The maximum Gasteiger partial charge on any atom is 0.0164 e. The highest BCUT2D eigenvalue weighted by Crippen LogP contribution is 2.33. The lowest BCUT2D eigenvalue weighted by atomic mass is 9.82. The van der Waals surface area contributed by atoms with Crippen molar-refractivity contribution in [3.05, 3.63) is 35.9 Å². The zero-order valence-electron chi connectivity index (χ0n) is 10.4. The Morgan fingerprint density at radius 1 is 1.25 bits per heavy atom. The number of hydrogen-bond acceptors (Lipinski definition) is 1. The number of rotatable bonds is 4. The summed E-state index contributed by atoms with van der Waals surface area (Å²) >= 11 is 0. The molecule has 0 bridgehead atoms. The van der Waals surface area contributed by atoms with Gasteiger partial charge in [0.2, 0.25) is 0 Å². The molecule has 1 heteroatoms. The maximum absolute atomic E-state index is 3.71. The van der Waals surface area contributed by atoms with Gasteiger partial charge in [0.1, 0.15) is 0 Å². The van der Waals surface area contributed by atoms with E-state index in [1.165, 1.54) is 31.4 Å². The van der Waals surface area contributed by atoms with E-state index in [4.69, 9.17) is 0 Å². The van der Waals surface area contributed by atoms with Crippen molar-refractivity contribution in [3.8, 4) is 0 Å². The molecule has 1 fully saturated rings. The van der Waals surface area contributed by atoms with Crippen LogP contribution in [0.3, 0.4) is 0 Å². The Morgan fingerprint density at radius 2 is 2.00 bits per heavy atom. The van der Waals surface area contributed by atoms with Crippen LogP contribution < -0.4 is 5.32 Å². The fourth-order valence-corrected chi connectivity index (χ4v) is 3.11. The molecule has 1 heterocycles. The standard InChI is InChI=1S/C15H23N/c1-3-12-10-11-16-15(12)14(4-2)13-8-6-5-7-9-13/h5-9,12,14-16H,3-4,10-11H2,1-2H3/t12-,14+,15-/m1/s1. The van der Waals surface area contributed by atoms with E-state index in [0.717, 1.165) is 5.92 Å². The van der Waals surface area contributed by atoms with E-state index in [-0.39, 0.29) is 0 Å². The van der Waals surface area contributed by atoms with E-state index in [1.807, 2.05) is 0 Å². The van der Waals surface area contributed by atoms with E-state index in [1.54, 1.807) is 0 Å². The van der Waals surface area contributed by atoms with Crippen LogP contribution in [0.2, 0.25) is 0 Å². The third-order valence-corrected chi connectivity index (χ3v) is 4.03. The molecular weight excluding hydrogens is 194 g/mol. The number of benzene rings is 1. The molecule has 88 valence electrons. The Kier molecular flexibility index (Phi) is 4.00. The average molecular weight is 217 g/mol. The van der Waals surface area contributed by atoms with Gasteiger partial charge in [0, 0.05) is 6.04 Å². The Morgan fingerprint density at radius 3 is 2.62 bits per heavy atom. The normalized spacial score (nSPS) is 26.9. The van der Waals surface area contributed by atoms with Crippen LogP contribution in [0, 0.1) is 5.92 Å². The van der Waals surface area contributed by atoms with Crippen molar-refractivity contribution in [1.82, 2.24) is 5.32 Å². The molecule has 1 aliphatic rings. The molecule has 1 saturated heterocycles. The van der Waals surface area contributed by atoms with Crippen molar-refractivity contribution in [2.45, 2.75) is 45.1 Å². The molecular formula is C15H23N. The molecule has 2 rings (SSSR count). The molecule has 0 aromatic heterocycles. The molecule has 0 unspecified atom stereocenters.